The molecule has 0 spiro atoms. The fourth-order valence-corrected chi connectivity index (χ4v) is 2.00. The minimum absolute atomic E-state index is 0.00761. The fraction of sp³-hybridized carbons (Fsp3) is 0.235. The summed E-state index contributed by atoms with van der Waals surface area (Å²) in [6, 6.07) is 12.6. The van der Waals surface area contributed by atoms with Crippen LogP contribution in [-0.4, -0.2) is 18.6 Å². The van der Waals surface area contributed by atoms with E-state index in [2.05, 4.69) is 0 Å². The summed E-state index contributed by atoms with van der Waals surface area (Å²) in [6.45, 7) is 1.93. The van der Waals surface area contributed by atoms with Crippen molar-refractivity contribution in [3.05, 3.63) is 59.9 Å². The summed E-state index contributed by atoms with van der Waals surface area (Å²) in [5.74, 6) is -0.102. The van der Waals surface area contributed by atoms with Crippen LogP contribution < -0.4 is 10.5 Å². The quantitative estimate of drug-likeness (QED) is 0.833. The van der Waals surface area contributed by atoms with Gasteiger partial charge in [-0.2, -0.15) is 0 Å². The van der Waals surface area contributed by atoms with E-state index in [1.165, 1.54) is 6.07 Å². The molecule has 2 N–H and O–H groups in total. The van der Waals surface area contributed by atoms with Crippen molar-refractivity contribution in [1.82, 2.24) is 0 Å². The Morgan fingerprint density at radius 3 is 2.59 bits per heavy atom. The first-order valence-electron chi connectivity index (χ1n) is 7.04. The molecule has 5 heteroatoms. The first-order valence-corrected chi connectivity index (χ1v) is 7.04. The summed E-state index contributed by atoms with van der Waals surface area (Å²) in [6.07, 6.45) is 0.00761. The minimum atomic E-state index is -0.935. The zero-order valence-corrected chi connectivity index (χ0v) is 12.3. The number of nitrogens with two attached hydrogens (primary N) is 1. The molecule has 22 heavy (non-hydrogen) atoms. The van der Waals surface area contributed by atoms with E-state index in [1.807, 2.05) is 18.2 Å². The summed E-state index contributed by atoms with van der Waals surface area (Å²) < 4.78 is 24.6. The van der Waals surface area contributed by atoms with E-state index >= 15 is 0 Å². The summed E-state index contributed by atoms with van der Waals surface area (Å²) in [5, 5.41) is 0. The third-order valence-corrected chi connectivity index (χ3v) is 3.06. The van der Waals surface area contributed by atoms with Gasteiger partial charge in [-0.3, -0.25) is 4.79 Å². The molecule has 0 aliphatic carbocycles. The van der Waals surface area contributed by atoms with Crippen molar-refractivity contribution in [2.45, 2.75) is 19.4 Å². The number of halogens is 1. The van der Waals surface area contributed by atoms with Crippen LogP contribution in [0.15, 0.2) is 48.5 Å². The Morgan fingerprint density at radius 2 is 1.91 bits per heavy atom. The van der Waals surface area contributed by atoms with Crippen molar-refractivity contribution >= 4 is 5.97 Å². The van der Waals surface area contributed by atoms with Gasteiger partial charge in [-0.25, -0.2) is 4.39 Å². The molecule has 2 rings (SSSR count). The number of rotatable bonds is 6. The molecular formula is C17H18FNO3. The highest BCUT2D eigenvalue weighted by molar-refractivity contribution is 5.76. The molecule has 116 valence electrons. The SMILES string of the molecule is CCOC(=O)C(N)Cc1c(F)cccc1Oc1ccccc1. The highest BCUT2D eigenvalue weighted by atomic mass is 19.1. The van der Waals surface area contributed by atoms with Crippen LogP contribution in [0, 0.1) is 5.82 Å². The number of para-hydroxylation sites is 1. The molecule has 0 amide bonds. The van der Waals surface area contributed by atoms with E-state index in [9.17, 15) is 9.18 Å². The molecule has 0 heterocycles. The summed E-state index contributed by atoms with van der Waals surface area (Å²) in [5.41, 5.74) is 6.03. The van der Waals surface area contributed by atoms with Gasteiger partial charge in [0.2, 0.25) is 0 Å². The lowest BCUT2D eigenvalue weighted by atomic mass is 10.0. The molecule has 4 nitrogen and oxygen atoms in total. The molecule has 2 aromatic rings. The Kier molecular flexibility index (Phi) is 5.49. The summed E-state index contributed by atoms with van der Waals surface area (Å²) in [7, 11) is 0. The molecule has 0 saturated heterocycles. The zero-order chi connectivity index (χ0) is 15.9. The summed E-state index contributed by atoms with van der Waals surface area (Å²) in [4.78, 5) is 11.6. The van der Waals surface area contributed by atoms with E-state index in [4.69, 9.17) is 15.2 Å². The number of esters is 1. The number of hydrogen-bond donors (Lipinski definition) is 1. The topological polar surface area (TPSA) is 61.5 Å². The van der Waals surface area contributed by atoms with Gasteiger partial charge in [-0.05, 0) is 31.2 Å². The number of carbonyl (C=O) groups is 1. The van der Waals surface area contributed by atoms with Gasteiger partial charge in [0, 0.05) is 12.0 Å². The predicted octanol–water partition coefficient (Wildman–Crippen LogP) is 3.05. The molecule has 1 atom stereocenters. The van der Waals surface area contributed by atoms with Gasteiger partial charge >= 0.3 is 5.97 Å². The Bertz CT molecular complexity index is 631. The Labute approximate surface area is 128 Å². The van der Waals surface area contributed by atoms with Crippen LogP contribution >= 0.6 is 0 Å². The van der Waals surface area contributed by atoms with Gasteiger partial charge in [-0.1, -0.05) is 24.3 Å². The first kappa shape index (κ1) is 16.0. The van der Waals surface area contributed by atoms with Crippen LogP contribution in [0.2, 0.25) is 0 Å². The highest BCUT2D eigenvalue weighted by Crippen LogP contribution is 2.28. The average molecular weight is 303 g/mol. The largest absolute Gasteiger partial charge is 0.465 e. The lowest BCUT2D eigenvalue weighted by Crippen LogP contribution is -2.34. The van der Waals surface area contributed by atoms with Gasteiger partial charge in [0.15, 0.2) is 0 Å². The van der Waals surface area contributed by atoms with Gasteiger partial charge in [0.25, 0.3) is 0 Å². The maximum atomic E-state index is 14.1. The lowest BCUT2D eigenvalue weighted by Gasteiger charge is -2.15. The molecule has 2 aromatic carbocycles. The van der Waals surface area contributed by atoms with E-state index in [0.717, 1.165) is 0 Å². The minimum Gasteiger partial charge on any atom is -0.465 e. The van der Waals surface area contributed by atoms with E-state index in [-0.39, 0.29) is 18.6 Å². The molecule has 0 aliphatic heterocycles. The standard InChI is InChI=1S/C17H18FNO3/c1-2-21-17(20)15(19)11-13-14(18)9-6-10-16(13)22-12-7-4-3-5-8-12/h3-10,15H,2,11,19H2,1H3. The average Bonchev–Trinajstić information content (AvgIpc) is 2.52. The van der Waals surface area contributed by atoms with Crippen molar-refractivity contribution in [3.8, 4) is 11.5 Å². The Morgan fingerprint density at radius 1 is 1.18 bits per heavy atom. The Hall–Kier alpha value is -2.40. The molecule has 1 unspecified atom stereocenters. The number of carbonyl (C=O) groups excluding carboxylic acids is 1. The first-order chi connectivity index (χ1) is 10.6. The van der Waals surface area contributed by atoms with Gasteiger partial charge in [0.05, 0.1) is 6.61 Å². The second-order valence-electron chi connectivity index (χ2n) is 4.69. The number of benzene rings is 2. The number of hydrogen-bond acceptors (Lipinski definition) is 4. The molecular weight excluding hydrogens is 285 g/mol. The lowest BCUT2D eigenvalue weighted by molar-refractivity contribution is -0.144. The van der Waals surface area contributed by atoms with E-state index < -0.39 is 17.8 Å². The van der Waals surface area contributed by atoms with Crippen LogP contribution in [0.25, 0.3) is 0 Å². The molecule has 0 bridgehead atoms. The van der Waals surface area contributed by atoms with Crippen molar-refractivity contribution in [2.75, 3.05) is 6.61 Å². The zero-order valence-electron chi connectivity index (χ0n) is 12.3. The van der Waals surface area contributed by atoms with Crippen LogP contribution in [0.1, 0.15) is 12.5 Å². The van der Waals surface area contributed by atoms with Crippen molar-refractivity contribution < 1.29 is 18.7 Å². The smallest absolute Gasteiger partial charge is 0.323 e. The third-order valence-electron chi connectivity index (χ3n) is 3.06. The monoisotopic (exact) mass is 303 g/mol. The summed E-state index contributed by atoms with van der Waals surface area (Å²) >= 11 is 0. The number of ether oxygens (including phenoxy) is 2. The molecule has 0 aliphatic rings. The second-order valence-corrected chi connectivity index (χ2v) is 4.69. The van der Waals surface area contributed by atoms with Gasteiger partial charge in [0.1, 0.15) is 23.4 Å². The van der Waals surface area contributed by atoms with Crippen LogP contribution in [0.4, 0.5) is 4.39 Å². The van der Waals surface area contributed by atoms with Crippen LogP contribution in [-0.2, 0) is 16.0 Å². The van der Waals surface area contributed by atoms with E-state index in [0.29, 0.717) is 11.5 Å². The normalized spacial score (nSPS) is 11.8. The van der Waals surface area contributed by atoms with Crippen molar-refractivity contribution in [1.29, 1.82) is 0 Å². The Balaban J connectivity index is 2.21. The van der Waals surface area contributed by atoms with E-state index in [1.54, 1.807) is 31.2 Å². The van der Waals surface area contributed by atoms with Crippen molar-refractivity contribution in [2.24, 2.45) is 5.73 Å². The van der Waals surface area contributed by atoms with Gasteiger partial charge in [-0.15, -0.1) is 0 Å². The van der Waals surface area contributed by atoms with Crippen LogP contribution in [0.3, 0.4) is 0 Å². The predicted molar refractivity (Wildman–Crippen MR) is 81.2 cm³/mol. The molecule has 0 saturated carbocycles. The second kappa shape index (κ2) is 7.56. The van der Waals surface area contributed by atoms with Crippen molar-refractivity contribution in [3.63, 3.8) is 0 Å². The third kappa shape index (κ3) is 4.05. The maximum absolute atomic E-state index is 14.1. The fourth-order valence-electron chi connectivity index (χ4n) is 2.00. The van der Waals surface area contributed by atoms with Crippen LogP contribution in [0.5, 0.6) is 11.5 Å². The van der Waals surface area contributed by atoms with Gasteiger partial charge < -0.3 is 15.2 Å². The highest BCUT2D eigenvalue weighted by Gasteiger charge is 2.20. The molecule has 0 fully saturated rings. The molecule has 0 radical (unpaired) electrons. The molecule has 0 aromatic heterocycles. The maximum Gasteiger partial charge on any atom is 0.323 e.